The van der Waals surface area contributed by atoms with Crippen LogP contribution in [-0.2, 0) is 9.53 Å². The molecule has 10 nitrogen and oxygen atoms in total. The molecule has 1 amide bonds. The number of aromatic amines is 1. The highest BCUT2D eigenvalue weighted by Gasteiger charge is 2.44. The van der Waals surface area contributed by atoms with Crippen LogP contribution in [0.25, 0.3) is 33.6 Å². The van der Waals surface area contributed by atoms with E-state index in [0.717, 1.165) is 40.6 Å². The van der Waals surface area contributed by atoms with Gasteiger partial charge in [0.15, 0.2) is 11.6 Å². The number of aromatic nitrogens is 5. The van der Waals surface area contributed by atoms with Gasteiger partial charge in [-0.05, 0) is 47.7 Å². The molecule has 0 spiro atoms. The highest BCUT2D eigenvalue weighted by atomic mass is 16.5. The Hall–Kier alpha value is -3.79. The lowest BCUT2D eigenvalue weighted by Gasteiger charge is -2.42. The van der Waals surface area contributed by atoms with Crippen LogP contribution in [0, 0.1) is 5.41 Å². The summed E-state index contributed by atoms with van der Waals surface area (Å²) in [7, 11) is 0. The maximum atomic E-state index is 12.7. The summed E-state index contributed by atoms with van der Waals surface area (Å²) in [6.45, 7) is 4.41. The van der Waals surface area contributed by atoms with Crippen molar-refractivity contribution in [3.05, 3.63) is 42.5 Å². The number of tetrazole rings is 1. The summed E-state index contributed by atoms with van der Waals surface area (Å²) in [5.41, 5.74) is 2.11. The van der Waals surface area contributed by atoms with E-state index in [1.54, 1.807) is 0 Å². The van der Waals surface area contributed by atoms with Crippen molar-refractivity contribution in [1.82, 2.24) is 30.7 Å². The number of H-pyrrole nitrogens is 1. The fourth-order valence-corrected chi connectivity index (χ4v) is 4.57. The van der Waals surface area contributed by atoms with E-state index >= 15 is 0 Å². The Labute approximate surface area is 195 Å². The molecule has 2 aliphatic heterocycles. The van der Waals surface area contributed by atoms with Crippen LogP contribution in [0.3, 0.4) is 0 Å². The lowest BCUT2D eigenvalue weighted by atomic mass is 9.86. The molecule has 0 saturated carbocycles. The van der Waals surface area contributed by atoms with E-state index in [1.165, 1.54) is 0 Å². The molecule has 2 fully saturated rings. The molecule has 2 aromatic heterocycles. The maximum Gasteiger partial charge on any atom is 0.233 e. The number of likely N-dealkylation sites (tertiary alicyclic amines) is 1. The Morgan fingerprint density at radius 2 is 2.00 bits per heavy atom. The molecule has 2 aliphatic rings. The number of rotatable bonds is 5. The SMILES string of the molecule is CC1(C(=O)N2CCC(Oc3cccc(-c4onc5ccc(-c6nnn[nH]6)cc45)c3)CC2)COC1. The van der Waals surface area contributed by atoms with Crippen molar-refractivity contribution in [3.63, 3.8) is 0 Å². The van der Waals surface area contributed by atoms with E-state index < -0.39 is 0 Å². The summed E-state index contributed by atoms with van der Waals surface area (Å²) in [4.78, 5) is 14.7. The Morgan fingerprint density at radius 3 is 2.74 bits per heavy atom. The number of piperidine rings is 1. The molecule has 4 heterocycles. The van der Waals surface area contributed by atoms with Crippen LogP contribution in [0.15, 0.2) is 47.0 Å². The highest BCUT2D eigenvalue weighted by Crippen LogP contribution is 2.34. The Morgan fingerprint density at radius 1 is 1.15 bits per heavy atom. The summed E-state index contributed by atoms with van der Waals surface area (Å²) >= 11 is 0. The van der Waals surface area contributed by atoms with Crippen LogP contribution >= 0.6 is 0 Å². The summed E-state index contributed by atoms with van der Waals surface area (Å²) < 4.78 is 17.2. The van der Waals surface area contributed by atoms with Gasteiger partial charge in [-0.25, -0.2) is 5.10 Å². The van der Waals surface area contributed by atoms with Crippen molar-refractivity contribution < 1.29 is 18.8 Å². The van der Waals surface area contributed by atoms with E-state index in [2.05, 4.69) is 25.8 Å². The van der Waals surface area contributed by atoms with Gasteiger partial charge in [0, 0.05) is 37.1 Å². The molecule has 34 heavy (non-hydrogen) atoms. The average Bonchev–Trinajstić information content (AvgIpc) is 3.53. The van der Waals surface area contributed by atoms with Crippen molar-refractivity contribution in [2.45, 2.75) is 25.9 Å². The summed E-state index contributed by atoms with van der Waals surface area (Å²) in [5, 5.41) is 19.1. The fraction of sp³-hybridized carbons (Fsp3) is 0.375. The van der Waals surface area contributed by atoms with Crippen molar-refractivity contribution in [2.24, 2.45) is 5.41 Å². The van der Waals surface area contributed by atoms with Crippen LogP contribution in [0.2, 0.25) is 0 Å². The number of benzene rings is 2. The van der Waals surface area contributed by atoms with E-state index in [-0.39, 0.29) is 17.4 Å². The van der Waals surface area contributed by atoms with Crippen molar-refractivity contribution in [2.75, 3.05) is 26.3 Å². The molecule has 174 valence electrons. The number of nitrogens with zero attached hydrogens (tertiary/aromatic N) is 5. The second-order valence-electron chi connectivity index (χ2n) is 9.18. The number of amides is 1. The first-order valence-electron chi connectivity index (χ1n) is 11.4. The summed E-state index contributed by atoms with van der Waals surface area (Å²) in [6.07, 6.45) is 1.65. The van der Waals surface area contributed by atoms with Gasteiger partial charge in [0.25, 0.3) is 0 Å². The van der Waals surface area contributed by atoms with Crippen molar-refractivity contribution in [3.8, 4) is 28.5 Å². The molecule has 0 radical (unpaired) electrons. The zero-order chi connectivity index (χ0) is 23.1. The fourth-order valence-electron chi connectivity index (χ4n) is 4.57. The van der Waals surface area contributed by atoms with Gasteiger partial charge in [-0.2, -0.15) is 0 Å². The topological polar surface area (TPSA) is 119 Å². The lowest BCUT2D eigenvalue weighted by molar-refractivity contribution is -0.170. The van der Waals surface area contributed by atoms with Crippen LogP contribution in [0.1, 0.15) is 19.8 Å². The predicted octanol–water partition coefficient (Wildman–Crippen LogP) is 3.08. The Bertz CT molecular complexity index is 1320. The summed E-state index contributed by atoms with van der Waals surface area (Å²) in [5.74, 6) is 2.19. The molecule has 2 aromatic carbocycles. The molecule has 0 aliphatic carbocycles. The molecule has 4 aromatic rings. The van der Waals surface area contributed by atoms with Gasteiger partial charge in [0.05, 0.1) is 24.0 Å². The van der Waals surface area contributed by atoms with Gasteiger partial charge in [-0.3, -0.25) is 4.79 Å². The van der Waals surface area contributed by atoms with Gasteiger partial charge >= 0.3 is 0 Å². The van der Waals surface area contributed by atoms with E-state index in [0.29, 0.717) is 37.9 Å². The second kappa shape index (κ2) is 8.21. The smallest absolute Gasteiger partial charge is 0.233 e. The molecule has 10 heteroatoms. The average molecular weight is 460 g/mol. The number of hydrogen-bond acceptors (Lipinski definition) is 8. The van der Waals surface area contributed by atoms with E-state index in [1.807, 2.05) is 54.3 Å². The number of hydrogen-bond donors (Lipinski definition) is 1. The van der Waals surface area contributed by atoms with E-state index in [9.17, 15) is 4.79 Å². The molecule has 0 atom stereocenters. The zero-order valence-electron chi connectivity index (χ0n) is 18.7. The van der Waals surface area contributed by atoms with Gasteiger partial charge in [-0.1, -0.05) is 17.3 Å². The van der Waals surface area contributed by atoms with Crippen molar-refractivity contribution >= 4 is 16.8 Å². The van der Waals surface area contributed by atoms with Gasteiger partial charge in [0.2, 0.25) is 5.91 Å². The van der Waals surface area contributed by atoms with Gasteiger partial charge in [0.1, 0.15) is 17.4 Å². The number of nitrogens with one attached hydrogen (secondary N) is 1. The maximum absolute atomic E-state index is 12.7. The number of carbonyl (C=O) groups excluding carboxylic acids is 1. The third kappa shape index (κ3) is 3.69. The minimum atomic E-state index is -0.355. The van der Waals surface area contributed by atoms with E-state index in [4.69, 9.17) is 14.0 Å². The first-order valence-corrected chi connectivity index (χ1v) is 11.4. The van der Waals surface area contributed by atoms with Crippen LogP contribution in [0.5, 0.6) is 5.75 Å². The first kappa shape index (κ1) is 20.8. The van der Waals surface area contributed by atoms with Gasteiger partial charge < -0.3 is 18.9 Å². The molecule has 1 N–H and O–H groups in total. The summed E-state index contributed by atoms with van der Waals surface area (Å²) in [6, 6.07) is 13.6. The molecular weight excluding hydrogens is 436 g/mol. The normalized spacial score (nSPS) is 18.1. The number of carbonyl (C=O) groups is 1. The quantitative estimate of drug-likeness (QED) is 0.483. The minimum absolute atomic E-state index is 0.0572. The Balaban J connectivity index is 1.17. The van der Waals surface area contributed by atoms with Crippen molar-refractivity contribution in [1.29, 1.82) is 0 Å². The third-order valence-corrected chi connectivity index (χ3v) is 6.58. The molecule has 6 rings (SSSR count). The molecule has 2 saturated heterocycles. The zero-order valence-corrected chi connectivity index (χ0v) is 18.7. The van der Waals surface area contributed by atoms with Crippen LogP contribution < -0.4 is 4.74 Å². The first-order chi connectivity index (χ1) is 16.6. The van der Waals surface area contributed by atoms with Crippen LogP contribution in [-0.4, -0.2) is 69.0 Å². The standard InChI is InChI=1S/C24H24N6O4/c1-24(13-32-14-24)23(31)30-9-7-17(8-10-30)33-18-4-2-3-15(11-18)21-19-12-16(22-25-28-29-26-22)5-6-20(19)27-34-21/h2-6,11-12,17H,7-10,13-14H2,1H3,(H,25,26,28,29). The van der Waals surface area contributed by atoms with Crippen LogP contribution in [0.4, 0.5) is 0 Å². The molecule has 0 bridgehead atoms. The monoisotopic (exact) mass is 460 g/mol. The molecular formula is C24H24N6O4. The Kier molecular flexibility index (Phi) is 5.02. The minimum Gasteiger partial charge on any atom is -0.490 e. The van der Waals surface area contributed by atoms with Gasteiger partial charge in [-0.15, -0.1) is 5.10 Å². The lowest BCUT2D eigenvalue weighted by Crippen LogP contribution is -2.55. The molecule has 0 unspecified atom stereocenters. The number of ether oxygens (including phenoxy) is 2. The second-order valence-corrected chi connectivity index (χ2v) is 9.18. The third-order valence-electron chi connectivity index (χ3n) is 6.58. The largest absolute Gasteiger partial charge is 0.490 e. The number of fused-ring (bicyclic) bond motifs is 1. The predicted molar refractivity (Wildman–Crippen MR) is 122 cm³/mol. The highest BCUT2D eigenvalue weighted by molar-refractivity contribution is 5.94.